The van der Waals surface area contributed by atoms with Gasteiger partial charge < -0.3 is 27.0 Å². The van der Waals surface area contributed by atoms with Crippen molar-refractivity contribution in [2.75, 3.05) is 56.9 Å². The number of fused-ring (bicyclic) bond motifs is 5. The molecule has 6 nitrogen and oxygen atoms in total. The normalized spacial score (nSPS) is 23.5. The Morgan fingerprint density at radius 2 is 1.64 bits per heavy atom. The van der Waals surface area contributed by atoms with Crippen LogP contribution in [0.25, 0.3) is 0 Å². The van der Waals surface area contributed by atoms with Gasteiger partial charge in [0.15, 0.2) is 0 Å². The molecular formula is C30H46N6. The van der Waals surface area contributed by atoms with E-state index >= 15 is 0 Å². The van der Waals surface area contributed by atoms with Gasteiger partial charge in [0, 0.05) is 36.3 Å². The Balaban J connectivity index is 1.40. The van der Waals surface area contributed by atoms with Crippen LogP contribution >= 0.6 is 0 Å². The molecule has 0 saturated heterocycles. The van der Waals surface area contributed by atoms with Crippen LogP contribution in [0.5, 0.6) is 0 Å². The lowest BCUT2D eigenvalue weighted by Gasteiger charge is -2.50. The molecule has 2 aromatic carbocycles. The molecule has 0 bridgehead atoms. The second-order valence-electron chi connectivity index (χ2n) is 10.7. The molecule has 6 heteroatoms. The quantitative estimate of drug-likeness (QED) is 0.258. The molecule has 196 valence electrons. The van der Waals surface area contributed by atoms with Crippen LogP contribution in [0.3, 0.4) is 0 Å². The summed E-state index contributed by atoms with van der Waals surface area (Å²) in [6.07, 6.45) is 5.61. The minimum absolute atomic E-state index is 0.0442. The number of benzene rings is 2. The van der Waals surface area contributed by atoms with E-state index in [9.17, 15) is 0 Å². The van der Waals surface area contributed by atoms with Gasteiger partial charge in [0.25, 0.3) is 0 Å². The highest BCUT2D eigenvalue weighted by molar-refractivity contribution is 6.04. The van der Waals surface area contributed by atoms with Crippen molar-refractivity contribution in [3.05, 3.63) is 59.2 Å². The number of aliphatic imine (C=N–C) groups is 1. The number of para-hydroxylation sites is 1. The van der Waals surface area contributed by atoms with E-state index in [1.807, 2.05) is 7.05 Å². The Labute approximate surface area is 217 Å². The molecule has 0 aromatic heterocycles. The maximum atomic E-state index is 5.53. The van der Waals surface area contributed by atoms with E-state index in [1.54, 1.807) is 0 Å². The first kappa shape index (κ1) is 26.6. The van der Waals surface area contributed by atoms with Crippen LogP contribution in [0.1, 0.15) is 74.5 Å². The molecule has 6 N–H and O–H groups in total. The molecule has 3 atom stereocenters. The summed E-state index contributed by atoms with van der Waals surface area (Å²) >= 11 is 0. The van der Waals surface area contributed by atoms with E-state index in [2.05, 4.69) is 77.6 Å². The number of rotatable bonds is 13. The van der Waals surface area contributed by atoms with E-state index in [1.165, 1.54) is 40.9 Å². The number of nitrogens with one attached hydrogen (secondary N) is 4. The molecule has 0 fully saturated rings. The van der Waals surface area contributed by atoms with Gasteiger partial charge in [-0.15, -0.1) is 0 Å². The summed E-state index contributed by atoms with van der Waals surface area (Å²) in [6, 6.07) is 15.6. The highest BCUT2D eigenvalue weighted by atomic mass is 15.0. The Bertz CT molecular complexity index is 1020. The predicted molar refractivity (Wildman–Crippen MR) is 155 cm³/mol. The summed E-state index contributed by atoms with van der Waals surface area (Å²) in [5.74, 6) is 1.93. The van der Waals surface area contributed by atoms with Crippen LogP contribution in [0.2, 0.25) is 0 Å². The van der Waals surface area contributed by atoms with Crippen LogP contribution in [-0.2, 0) is 0 Å². The average molecular weight is 491 g/mol. The molecule has 2 aliphatic rings. The molecule has 0 saturated carbocycles. The van der Waals surface area contributed by atoms with Gasteiger partial charge in [-0.25, -0.2) is 0 Å². The van der Waals surface area contributed by atoms with Gasteiger partial charge in [-0.3, -0.25) is 4.99 Å². The minimum atomic E-state index is -0.0442. The van der Waals surface area contributed by atoms with Crippen LogP contribution in [0.15, 0.2) is 47.5 Å². The third kappa shape index (κ3) is 5.77. The smallest absolute Gasteiger partial charge is 0.108 e. The summed E-state index contributed by atoms with van der Waals surface area (Å²) in [4.78, 5) is 5.19. The molecule has 0 unspecified atom stereocenters. The zero-order valence-corrected chi connectivity index (χ0v) is 22.5. The standard InChI is InChI=1S/C30H46N6/c1-22-21-30(2)28(24-12-8-14-26(32-3)27(22)24)23-11-4-5-13-25(23)36-29(30)35-20-10-19-34-17-7-6-16-33-18-9-15-31/h4-5,8,11-14,22,28,32-34H,6-7,9-10,15-21,31H2,1-3H3,(H,35,36)/t22-,28-,30+/m1/s1. The van der Waals surface area contributed by atoms with E-state index < -0.39 is 0 Å². The van der Waals surface area contributed by atoms with Crippen molar-refractivity contribution in [2.24, 2.45) is 16.1 Å². The number of nitrogens with two attached hydrogens (primary N) is 1. The summed E-state index contributed by atoms with van der Waals surface area (Å²) in [5.41, 5.74) is 12.2. The Morgan fingerprint density at radius 1 is 0.944 bits per heavy atom. The van der Waals surface area contributed by atoms with Crippen molar-refractivity contribution in [1.29, 1.82) is 0 Å². The van der Waals surface area contributed by atoms with E-state index in [-0.39, 0.29) is 5.41 Å². The highest BCUT2D eigenvalue weighted by Crippen LogP contribution is 2.58. The number of nitrogens with zero attached hydrogens (tertiary/aromatic N) is 1. The fourth-order valence-corrected chi connectivity index (χ4v) is 6.27. The SMILES string of the molecule is CNc1cccc2c1[C@H](C)C[C@]1(C)C(=NCCCNCCCCNCCCN)Nc3ccccc3[C@H]21. The molecular weight excluding hydrogens is 444 g/mol. The van der Waals surface area contributed by atoms with Gasteiger partial charge in [-0.1, -0.05) is 44.2 Å². The van der Waals surface area contributed by atoms with Crippen molar-refractivity contribution >= 4 is 17.2 Å². The van der Waals surface area contributed by atoms with Crippen LogP contribution < -0.4 is 27.0 Å². The molecule has 2 aromatic rings. The summed E-state index contributed by atoms with van der Waals surface area (Å²) in [6.45, 7) is 10.6. The van der Waals surface area contributed by atoms with Gasteiger partial charge in [-0.2, -0.15) is 0 Å². The third-order valence-electron chi connectivity index (χ3n) is 7.94. The van der Waals surface area contributed by atoms with Crippen LogP contribution in [0, 0.1) is 5.41 Å². The Morgan fingerprint density at radius 3 is 2.39 bits per heavy atom. The van der Waals surface area contributed by atoms with Crippen LogP contribution in [0.4, 0.5) is 11.4 Å². The second kappa shape index (κ2) is 12.7. The van der Waals surface area contributed by atoms with Crippen molar-refractivity contribution in [1.82, 2.24) is 10.6 Å². The van der Waals surface area contributed by atoms with Gasteiger partial charge in [0.2, 0.25) is 0 Å². The molecule has 4 rings (SSSR count). The Hall–Kier alpha value is -2.41. The van der Waals surface area contributed by atoms with Crippen molar-refractivity contribution in [2.45, 2.75) is 57.8 Å². The number of hydrogen-bond acceptors (Lipinski definition) is 5. The molecule has 0 radical (unpaired) electrons. The van der Waals surface area contributed by atoms with E-state index in [4.69, 9.17) is 10.7 Å². The van der Waals surface area contributed by atoms with Crippen molar-refractivity contribution in [3.8, 4) is 0 Å². The number of amidine groups is 1. The summed E-state index contributed by atoms with van der Waals surface area (Å²) < 4.78 is 0. The predicted octanol–water partition coefficient (Wildman–Crippen LogP) is 4.90. The van der Waals surface area contributed by atoms with Gasteiger partial charge in [0.05, 0.1) is 0 Å². The minimum Gasteiger partial charge on any atom is -0.388 e. The second-order valence-corrected chi connectivity index (χ2v) is 10.7. The first-order chi connectivity index (χ1) is 17.6. The highest BCUT2D eigenvalue weighted by Gasteiger charge is 2.50. The summed E-state index contributed by atoms with van der Waals surface area (Å²) in [5, 5.41) is 14.2. The fourth-order valence-electron chi connectivity index (χ4n) is 6.27. The maximum Gasteiger partial charge on any atom is 0.108 e. The van der Waals surface area contributed by atoms with Gasteiger partial charge in [-0.05, 0) is 99.6 Å². The molecule has 1 aliphatic heterocycles. The largest absolute Gasteiger partial charge is 0.388 e. The topological polar surface area (TPSA) is 86.5 Å². The third-order valence-corrected chi connectivity index (χ3v) is 7.94. The number of anilines is 2. The first-order valence-corrected chi connectivity index (χ1v) is 13.9. The molecule has 36 heavy (non-hydrogen) atoms. The fraction of sp³-hybridized carbons (Fsp3) is 0.567. The Kier molecular flexibility index (Phi) is 9.41. The maximum absolute atomic E-state index is 5.53. The average Bonchev–Trinajstić information content (AvgIpc) is 2.88. The zero-order valence-electron chi connectivity index (χ0n) is 22.5. The number of hydrogen-bond donors (Lipinski definition) is 5. The molecule has 0 amide bonds. The monoisotopic (exact) mass is 490 g/mol. The summed E-state index contributed by atoms with van der Waals surface area (Å²) in [7, 11) is 2.04. The van der Waals surface area contributed by atoms with Crippen LogP contribution in [-0.4, -0.2) is 52.2 Å². The van der Waals surface area contributed by atoms with E-state index in [0.717, 1.165) is 64.4 Å². The lowest BCUT2D eigenvalue weighted by atomic mass is 9.57. The van der Waals surface area contributed by atoms with Gasteiger partial charge in [0.1, 0.15) is 5.84 Å². The molecule has 1 aliphatic carbocycles. The first-order valence-electron chi connectivity index (χ1n) is 13.9. The molecule has 1 heterocycles. The van der Waals surface area contributed by atoms with Crippen molar-refractivity contribution < 1.29 is 0 Å². The lowest BCUT2D eigenvalue weighted by Crippen LogP contribution is -2.47. The number of unbranched alkanes of at least 4 members (excludes halogenated alkanes) is 1. The molecule has 0 spiro atoms. The van der Waals surface area contributed by atoms with E-state index in [0.29, 0.717) is 11.8 Å². The van der Waals surface area contributed by atoms with Gasteiger partial charge >= 0.3 is 0 Å². The van der Waals surface area contributed by atoms with Crippen molar-refractivity contribution in [3.63, 3.8) is 0 Å². The zero-order chi connectivity index (χ0) is 25.4. The lowest BCUT2D eigenvalue weighted by molar-refractivity contribution is 0.319.